The summed E-state index contributed by atoms with van der Waals surface area (Å²) in [4.78, 5) is 27.9. The highest BCUT2D eigenvalue weighted by Crippen LogP contribution is 2.25. The number of thiophene rings is 1. The number of likely N-dealkylation sites (tertiary alicyclic amines) is 1. The number of benzene rings is 1. The maximum Gasteiger partial charge on any atom is 0.255 e. The SMILES string of the molecule is Cc1cccc(C(=O)N2CCCC2)c1NC(=O)/C=C/c1ccc(Br)s1. The number of nitrogens with one attached hydrogen (secondary N) is 1. The first kappa shape index (κ1) is 17.9. The smallest absolute Gasteiger partial charge is 0.255 e. The van der Waals surface area contributed by atoms with Gasteiger partial charge in [-0.1, -0.05) is 12.1 Å². The zero-order chi connectivity index (χ0) is 17.8. The minimum absolute atomic E-state index is 0.0114. The van der Waals surface area contributed by atoms with Crippen molar-refractivity contribution in [2.75, 3.05) is 18.4 Å². The van der Waals surface area contributed by atoms with Gasteiger partial charge in [0.25, 0.3) is 5.91 Å². The normalized spacial score (nSPS) is 14.2. The Morgan fingerprint density at radius 1 is 1.20 bits per heavy atom. The molecule has 1 fully saturated rings. The molecule has 0 atom stereocenters. The van der Waals surface area contributed by atoms with E-state index in [1.54, 1.807) is 23.5 Å². The molecule has 0 aliphatic carbocycles. The molecular weight excluding hydrogens is 400 g/mol. The summed E-state index contributed by atoms with van der Waals surface area (Å²) in [7, 11) is 0. The van der Waals surface area contributed by atoms with Crippen LogP contribution in [0.15, 0.2) is 40.2 Å². The van der Waals surface area contributed by atoms with E-state index in [9.17, 15) is 9.59 Å². The molecule has 0 bridgehead atoms. The summed E-state index contributed by atoms with van der Waals surface area (Å²) >= 11 is 4.96. The van der Waals surface area contributed by atoms with Gasteiger partial charge in [-0.15, -0.1) is 11.3 Å². The number of halogens is 1. The first-order valence-corrected chi connectivity index (χ1v) is 9.79. The summed E-state index contributed by atoms with van der Waals surface area (Å²) < 4.78 is 1.02. The van der Waals surface area contributed by atoms with Crippen LogP contribution in [0.4, 0.5) is 5.69 Å². The summed E-state index contributed by atoms with van der Waals surface area (Å²) in [5.41, 5.74) is 2.04. The van der Waals surface area contributed by atoms with E-state index in [0.29, 0.717) is 11.3 Å². The van der Waals surface area contributed by atoms with Crippen LogP contribution in [0.1, 0.15) is 33.6 Å². The quantitative estimate of drug-likeness (QED) is 0.730. The molecule has 1 aliphatic heterocycles. The molecule has 3 rings (SSSR count). The number of carbonyl (C=O) groups excluding carboxylic acids is 2. The molecule has 0 spiro atoms. The predicted molar refractivity (Wildman–Crippen MR) is 106 cm³/mol. The maximum absolute atomic E-state index is 12.7. The van der Waals surface area contributed by atoms with Crippen molar-refractivity contribution in [2.24, 2.45) is 0 Å². The van der Waals surface area contributed by atoms with Crippen molar-refractivity contribution < 1.29 is 9.59 Å². The van der Waals surface area contributed by atoms with Gasteiger partial charge in [0.2, 0.25) is 5.91 Å². The van der Waals surface area contributed by atoms with Crippen LogP contribution >= 0.6 is 27.3 Å². The van der Waals surface area contributed by atoms with Crippen LogP contribution in [0.2, 0.25) is 0 Å². The molecule has 1 aliphatic rings. The minimum atomic E-state index is -0.241. The molecule has 1 saturated heterocycles. The molecule has 1 aromatic carbocycles. The molecule has 1 aromatic heterocycles. The van der Waals surface area contributed by atoms with E-state index in [2.05, 4.69) is 21.2 Å². The summed E-state index contributed by atoms with van der Waals surface area (Å²) in [5, 5.41) is 2.88. The van der Waals surface area contributed by atoms with Gasteiger partial charge in [-0.3, -0.25) is 9.59 Å². The number of carbonyl (C=O) groups is 2. The lowest BCUT2D eigenvalue weighted by atomic mass is 10.1. The molecule has 4 nitrogen and oxygen atoms in total. The van der Waals surface area contributed by atoms with E-state index in [1.165, 1.54) is 6.08 Å². The maximum atomic E-state index is 12.7. The summed E-state index contributed by atoms with van der Waals surface area (Å²) in [5.74, 6) is -0.253. The van der Waals surface area contributed by atoms with Crippen molar-refractivity contribution in [3.05, 3.63) is 56.2 Å². The average molecular weight is 419 g/mol. The molecule has 0 unspecified atom stereocenters. The van der Waals surface area contributed by atoms with Crippen LogP contribution in [0, 0.1) is 6.92 Å². The number of rotatable bonds is 4. The molecular formula is C19H19BrN2O2S. The van der Waals surface area contributed by atoms with E-state index in [1.807, 2.05) is 36.1 Å². The number of hydrogen-bond acceptors (Lipinski definition) is 3. The Labute approximate surface area is 159 Å². The van der Waals surface area contributed by atoms with Crippen LogP contribution in [0.25, 0.3) is 6.08 Å². The van der Waals surface area contributed by atoms with Crippen LogP contribution in [-0.2, 0) is 4.79 Å². The standard InChI is InChI=1S/C19H19BrN2O2S/c1-13-5-4-6-15(19(24)22-11-2-3-12-22)18(13)21-17(23)10-8-14-7-9-16(20)25-14/h4-10H,2-3,11-12H2,1H3,(H,21,23)/b10-8+. The second kappa shape index (κ2) is 7.97. The third kappa shape index (κ3) is 4.38. The second-order valence-electron chi connectivity index (χ2n) is 5.96. The van der Waals surface area contributed by atoms with Gasteiger partial charge < -0.3 is 10.2 Å². The van der Waals surface area contributed by atoms with Crippen LogP contribution in [0.3, 0.4) is 0 Å². The fourth-order valence-electron chi connectivity index (χ4n) is 2.84. The lowest BCUT2D eigenvalue weighted by Gasteiger charge is -2.19. The Balaban J connectivity index is 1.78. The van der Waals surface area contributed by atoms with E-state index in [4.69, 9.17) is 0 Å². The van der Waals surface area contributed by atoms with Gasteiger partial charge in [-0.2, -0.15) is 0 Å². The molecule has 1 N–H and O–H groups in total. The van der Waals surface area contributed by atoms with Crippen molar-refractivity contribution in [1.82, 2.24) is 4.90 Å². The zero-order valence-corrected chi connectivity index (χ0v) is 16.3. The number of para-hydroxylation sites is 1. The first-order chi connectivity index (χ1) is 12.0. The third-order valence-corrected chi connectivity index (χ3v) is 5.73. The van der Waals surface area contributed by atoms with Crippen molar-refractivity contribution in [1.29, 1.82) is 0 Å². The van der Waals surface area contributed by atoms with Crippen LogP contribution in [0.5, 0.6) is 0 Å². The van der Waals surface area contributed by atoms with E-state index < -0.39 is 0 Å². The largest absolute Gasteiger partial charge is 0.339 e. The van der Waals surface area contributed by atoms with E-state index in [0.717, 1.165) is 40.2 Å². The summed E-state index contributed by atoms with van der Waals surface area (Å²) in [6.07, 6.45) is 5.34. The summed E-state index contributed by atoms with van der Waals surface area (Å²) in [6, 6.07) is 9.41. The topological polar surface area (TPSA) is 49.4 Å². The first-order valence-electron chi connectivity index (χ1n) is 8.18. The van der Waals surface area contributed by atoms with Gasteiger partial charge in [0.1, 0.15) is 0 Å². The van der Waals surface area contributed by atoms with Crippen molar-refractivity contribution in [3.63, 3.8) is 0 Å². The van der Waals surface area contributed by atoms with Crippen LogP contribution in [-0.4, -0.2) is 29.8 Å². The number of hydrogen-bond donors (Lipinski definition) is 1. The van der Waals surface area contributed by atoms with Gasteiger partial charge >= 0.3 is 0 Å². The molecule has 2 heterocycles. The molecule has 2 aromatic rings. The second-order valence-corrected chi connectivity index (χ2v) is 8.46. The van der Waals surface area contributed by atoms with Crippen LogP contribution < -0.4 is 5.32 Å². The van der Waals surface area contributed by atoms with Gasteiger partial charge in [0.15, 0.2) is 0 Å². The Morgan fingerprint density at radius 2 is 1.96 bits per heavy atom. The van der Waals surface area contributed by atoms with Gasteiger partial charge in [0.05, 0.1) is 15.0 Å². The number of anilines is 1. The highest BCUT2D eigenvalue weighted by molar-refractivity contribution is 9.11. The van der Waals surface area contributed by atoms with Gasteiger partial charge in [0, 0.05) is 24.0 Å². The highest BCUT2D eigenvalue weighted by atomic mass is 79.9. The number of nitrogens with zero attached hydrogens (tertiary/aromatic N) is 1. The monoisotopic (exact) mass is 418 g/mol. The fourth-order valence-corrected chi connectivity index (χ4v) is 4.17. The highest BCUT2D eigenvalue weighted by Gasteiger charge is 2.23. The molecule has 130 valence electrons. The zero-order valence-electron chi connectivity index (χ0n) is 13.9. The lowest BCUT2D eigenvalue weighted by Crippen LogP contribution is -2.29. The molecule has 6 heteroatoms. The molecule has 0 radical (unpaired) electrons. The molecule has 0 saturated carbocycles. The Kier molecular flexibility index (Phi) is 5.71. The van der Waals surface area contributed by atoms with Crippen molar-refractivity contribution in [3.8, 4) is 0 Å². The Morgan fingerprint density at radius 3 is 2.64 bits per heavy atom. The van der Waals surface area contributed by atoms with E-state index in [-0.39, 0.29) is 11.8 Å². The summed E-state index contributed by atoms with van der Waals surface area (Å²) in [6.45, 7) is 3.47. The number of aryl methyl sites for hydroxylation is 1. The Hall–Kier alpha value is -1.92. The van der Waals surface area contributed by atoms with E-state index >= 15 is 0 Å². The predicted octanol–water partition coefficient (Wildman–Crippen LogP) is 4.71. The molecule has 25 heavy (non-hydrogen) atoms. The van der Waals surface area contributed by atoms with Gasteiger partial charge in [-0.25, -0.2) is 0 Å². The molecule has 2 amide bonds. The van der Waals surface area contributed by atoms with Crippen molar-refractivity contribution >= 4 is 50.8 Å². The lowest BCUT2D eigenvalue weighted by molar-refractivity contribution is -0.111. The third-order valence-electron chi connectivity index (χ3n) is 4.14. The minimum Gasteiger partial charge on any atom is -0.339 e. The Bertz CT molecular complexity index is 823. The van der Waals surface area contributed by atoms with Crippen molar-refractivity contribution in [2.45, 2.75) is 19.8 Å². The van der Waals surface area contributed by atoms with Gasteiger partial charge in [-0.05, 0) is 65.5 Å². The fraction of sp³-hybridized carbons (Fsp3) is 0.263. The number of amides is 2. The average Bonchev–Trinajstić information content (AvgIpc) is 3.26.